The Kier molecular flexibility index (Phi) is 7.53. The van der Waals surface area contributed by atoms with Crippen LogP contribution in [-0.4, -0.2) is 51.8 Å². The summed E-state index contributed by atoms with van der Waals surface area (Å²) in [5.74, 6) is 1.11. The highest BCUT2D eigenvalue weighted by molar-refractivity contribution is 5.77. The van der Waals surface area contributed by atoms with Crippen molar-refractivity contribution in [1.29, 1.82) is 0 Å². The molecule has 2 rings (SSSR count). The first-order chi connectivity index (χ1) is 11.6. The average molecular weight is 335 g/mol. The van der Waals surface area contributed by atoms with E-state index in [2.05, 4.69) is 31.3 Å². The number of quaternary nitrogens is 2. The van der Waals surface area contributed by atoms with Gasteiger partial charge in [0.2, 0.25) is 0 Å². The zero-order chi connectivity index (χ0) is 17.4. The third kappa shape index (κ3) is 6.13. The monoisotopic (exact) mass is 335 g/mol. The third-order valence-corrected chi connectivity index (χ3v) is 4.82. The number of ether oxygens (including phenoxy) is 1. The second-order valence-corrected chi connectivity index (χ2v) is 6.96. The van der Waals surface area contributed by atoms with Gasteiger partial charge < -0.3 is 19.9 Å². The van der Waals surface area contributed by atoms with Gasteiger partial charge in [-0.15, -0.1) is 0 Å². The Balaban J connectivity index is 1.69. The maximum Gasteiger partial charge on any atom is 0.275 e. The van der Waals surface area contributed by atoms with Crippen LogP contribution in [0.3, 0.4) is 0 Å². The maximum atomic E-state index is 12.1. The summed E-state index contributed by atoms with van der Waals surface area (Å²) in [6.45, 7) is 10.3. The molecule has 5 heteroatoms. The Morgan fingerprint density at radius 2 is 1.79 bits per heavy atom. The van der Waals surface area contributed by atoms with Crippen molar-refractivity contribution in [3.05, 3.63) is 29.8 Å². The quantitative estimate of drug-likeness (QED) is 0.587. The highest BCUT2D eigenvalue weighted by Gasteiger charge is 2.25. The van der Waals surface area contributed by atoms with Gasteiger partial charge in [-0.2, -0.15) is 0 Å². The SMILES string of the molecule is CCC[C@@H](C)NC(=O)C[NH+]1CC[NH+](Cc2ccc(OC)cc2)CC1. The minimum Gasteiger partial charge on any atom is -0.497 e. The largest absolute Gasteiger partial charge is 0.497 e. The van der Waals surface area contributed by atoms with Crippen molar-refractivity contribution in [3.8, 4) is 5.75 Å². The molecule has 0 bridgehead atoms. The predicted molar refractivity (Wildman–Crippen MR) is 95.5 cm³/mol. The van der Waals surface area contributed by atoms with Crippen molar-refractivity contribution in [2.75, 3.05) is 39.8 Å². The van der Waals surface area contributed by atoms with E-state index in [-0.39, 0.29) is 5.91 Å². The number of benzene rings is 1. The van der Waals surface area contributed by atoms with Gasteiger partial charge in [0.1, 0.15) is 38.5 Å². The standard InChI is InChI=1S/C19H31N3O2/c1-4-5-16(2)20-19(23)15-22-12-10-21(11-13-22)14-17-6-8-18(24-3)9-7-17/h6-9,16H,4-5,10-15H2,1-3H3,(H,20,23)/p+2/t16-/m1/s1. The van der Waals surface area contributed by atoms with Gasteiger partial charge in [0.15, 0.2) is 6.54 Å². The first-order valence-corrected chi connectivity index (χ1v) is 9.20. The van der Waals surface area contributed by atoms with E-state index >= 15 is 0 Å². The van der Waals surface area contributed by atoms with Crippen LogP contribution in [-0.2, 0) is 11.3 Å². The minimum atomic E-state index is 0.199. The van der Waals surface area contributed by atoms with Crippen LogP contribution in [0.5, 0.6) is 5.75 Å². The van der Waals surface area contributed by atoms with Gasteiger partial charge in [-0.05, 0) is 37.6 Å². The third-order valence-electron chi connectivity index (χ3n) is 4.82. The van der Waals surface area contributed by atoms with Crippen molar-refractivity contribution in [2.24, 2.45) is 0 Å². The molecule has 1 aromatic rings. The minimum absolute atomic E-state index is 0.199. The fourth-order valence-corrected chi connectivity index (χ4v) is 3.40. The molecule has 0 radical (unpaired) electrons. The molecule has 3 N–H and O–H groups in total. The van der Waals surface area contributed by atoms with Crippen LogP contribution >= 0.6 is 0 Å². The van der Waals surface area contributed by atoms with E-state index in [1.165, 1.54) is 10.5 Å². The number of amides is 1. The van der Waals surface area contributed by atoms with Gasteiger partial charge in [0.25, 0.3) is 5.91 Å². The molecule has 1 heterocycles. The lowest BCUT2D eigenvalue weighted by atomic mass is 10.2. The van der Waals surface area contributed by atoms with E-state index < -0.39 is 0 Å². The molecule has 1 aliphatic rings. The van der Waals surface area contributed by atoms with Crippen molar-refractivity contribution in [1.82, 2.24) is 5.32 Å². The fraction of sp³-hybridized carbons (Fsp3) is 0.632. The molecule has 0 saturated carbocycles. The summed E-state index contributed by atoms with van der Waals surface area (Å²) in [6.07, 6.45) is 2.17. The van der Waals surface area contributed by atoms with Crippen LogP contribution in [0.15, 0.2) is 24.3 Å². The number of nitrogens with one attached hydrogen (secondary N) is 3. The zero-order valence-electron chi connectivity index (χ0n) is 15.4. The van der Waals surface area contributed by atoms with E-state index in [0.29, 0.717) is 12.6 Å². The summed E-state index contributed by atoms with van der Waals surface area (Å²) in [5.41, 5.74) is 1.35. The molecule has 0 unspecified atom stereocenters. The first-order valence-electron chi connectivity index (χ1n) is 9.20. The Bertz CT molecular complexity index is 496. The summed E-state index contributed by atoms with van der Waals surface area (Å²) in [6, 6.07) is 8.64. The van der Waals surface area contributed by atoms with Crippen LogP contribution in [0.4, 0.5) is 0 Å². The highest BCUT2D eigenvalue weighted by atomic mass is 16.5. The molecule has 134 valence electrons. The number of methoxy groups -OCH3 is 1. The molecule has 24 heavy (non-hydrogen) atoms. The Morgan fingerprint density at radius 3 is 2.38 bits per heavy atom. The van der Waals surface area contributed by atoms with Gasteiger partial charge >= 0.3 is 0 Å². The van der Waals surface area contributed by atoms with Crippen LogP contribution in [0, 0.1) is 0 Å². The number of piperazine rings is 1. The summed E-state index contributed by atoms with van der Waals surface area (Å²) in [5, 5.41) is 3.11. The normalized spacial score (nSPS) is 22.0. The summed E-state index contributed by atoms with van der Waals surface area (Å²) >= 11 is 0. The van der Waals surface area contributed by atoms with Crippen molar-refractivity contribution < 1.29 is 19.3 Å². The summed E-state index contributed by atoms with van der Waals surface area (Å²) in [7, 11) is 1.70. The lowest BCUT2D eigenvalue weighted by Gasteiger charge is -2.29. The highest BCUT2D eigenvalue weighted by Crippen LogP contribution is 2.10. The van der Waals surface area contributed by atoms with E-state index in [1.54, 1.807) is 12.0 Å². The Morgan fingerprint density at radius 1 is 1.17 bits per heavy atom. The van der Waals surface area contributed by atoms with Crippen LogP contribution in [0.1, 0.15) is 32.3 Å². The van der Waals surface area contributed by atoms with Crippen LogP contribution in [0.25, 0.3) is 0 Å². The van der Waals surface area contributed by atoms with Gasteiger partial charge in [0.05, 0.1) is 7.11 Å². The van der Waals surface area contributed by atoms with Gasteiger partial charge in [-0.25, -0.2) is 0 Å². The molecular formula is C19H33N3O2+2. The number of hydrogen-bond donors (Lipinski definition) is 3. The second kappa shape index (κ2) is 9.64. The van der Waals surface area contributed by atoms with Gasteiger partial charge in [-0.3, -0.25) is 4.79 Å². The smallest absolute Gasteiger partial charge is 0.275 e. The number of rotatable bonds is 8. The topological polar surface area (TPSA) is 47.2 Å². The van der Waals surface area contributed by atoms with E-state index in [1.807, 2.05) is 12.1 Å². The number of hydrogen-bond acceptors (Lipinski definition) is 2. The molecule has 1 saturated heterocycles. The number of carbonyl (C=O) groups is 1. The van der Waals surface area contributed by atoms with E-state index in [9.17, 15) is 4.79 Å². The first kappa shape index (κ1) is 18.7. The van der Waals surface area contributed by atoms with Crippen LogP contribution in [0.2, 0.25) is 0 Å². The summed E-state index contributed by atoms with van der Waals surface area (Å²) < 4.78 is 5.20. The summed E-state index contributed by atoms with van der Waals surface area (Å²) in [4.78, 5) is 15.1. The van der Waals surface area contributed by atoms with Gasteiger partial charge in [-0.1, -0.05) is 13.3 Å². The lowest BCUT2D eigenvalue weighted by molar-refractivity contribution is -1.02. The molecular weight excluding hydrogens is 302 g/mol. The fourth-order valence-electron chi connectivity index (χ4n) is 3.40. The van der Waals surface area contributed by atoms with Crippen molar-refractivity contribution in [2.45, 2.75) is 39.3 Å². The Labute approximate surface area is 146 Å². The maximum absolute atomic E-state index is 12.1. The lowest BCUT2D eigenvalue weighted by Crippen LogP contribution is -3.28. The molecule has 0 aliphatic carbocycles. The predicted octanol–water partition coefficient (Wildman–Crippen LogP) is -0.717. The molecule has 1 amide bonds. The molecule has 1 atom stereocenters. The second-order valence-electron chi connectivity index (χ2n) is 6.96. The van der Waals surface area contributed by atoms with E-state index in [0.717, 1.165) is 51.3 Å². The zero-order valence-corrected chi connectivity index (χ0v) is 15.4. The average Bonchev–Trinajstić information content (AvgIpc) is 2.57. The molecule has 0 aromatic heterocycles. The molecule has 1 aromatic carbocycles. The molecule has 5 nitrogen and oxygen atoms in total. The molecule has 1 aliphatic heterocycles. The van der Waals surface area contributed by atoms with Crippen molar-refractivity contribution in [3.63, 3.8) is 0 Å². The van der Waals surface area contributed by atoms with E-state index in [4.69, 9.17) is 4.74 Å². The molecule has 1 fully saturated rings. The van der Waals surface area contributed by atoms with Crippen LogP contribution < -0.4 is 19.9 Å². The van der Waals surface area contributed by atoms with Gasteiger partial charge in [0, 0.05) is 11.6 Å². The molecule has 0 spiro atoms. The van der Waals surface area contributed by atoms with Crippen molar-refractivity contribution >= 4 is 5.91 Å². The Hall–Kier alpha value is -1.59. The number of carbonyl (C=O) groups excluding carboxylic acids is 1.